The Balaban J connectivity index is 1.24. The zero-order chi connectivity index (χ0) is 53.2. The molecule has 5 aromatic carbocycles. The van der Waals surface area contributed by atoms with Crippen molar-refractivity contribution < 1.29 is 58.2 Å². The number of carbonyl (C=O) groups is 2. The minimum Gasteiger partial charge on any atom is -0.459 e. The van der Waals surface area contributed by atoms with Gasteiger partial charge in [0.15, 0.2) is 11.5 Å². The van der Waals surface area contributed by atoms with Gasteiger partial charge in [-0.1, -0.05) is 48.3 Å². The molecule has 18 heteroatoms. The second-order valence-corrected chi connectivity index (χ2v) is 19.1. The second-order valence-electron chi connectivity index (χ2n) is 19.1. The number of nitrogens with zero attached hydrogens (tertiary/aromatic N) is 4. The summed E-state index contributed by atoms with van der Waals surface area (Å²) in [5, 5.41) is 48.1. The van der Waals surface area contributed by atoms with Gasteiger partial charge in [0.25, 0.3) is 11.4 Å². The maximum atomic E-state index is 15.4. The van der Waals surface area contributed by atoms with Gasteiger partial charge < -0.3 is 43.6 Å². The average Bonchev–Trinajstić information content (AvgIpc) is 4.02. The van der Waals surface area contributed by atoms with Crippen LogP contribution in [0, 0.1) is 38.0 Å². The second kappa shape index (κ2) is 24.0. The van der Waals surface area contributed by atoms with E-state index >= 15 is 4.79 Å². The highest BCUT2D eigenvalue weighted by molar-refractivity contribution is 6.03. The SMILES string of the molecule is C=CCOC12Oc3ccc(Oc4cccc(C=O)c4)cc3C3C(CCCCO)C(CCCCO)C=C(C(=NOCc4ccc([N+](=O)[O-])cc4)CC1N(Cc1ccc4c(c1)OCO4)C(=O)C=Cc1ccc([N+](=O)[O-])cc1)C32. The lowest BCUT2D eigenvalue weighted by Gasteiger charge is -2.60. The Morgan fingerprint density at radius 3 is 2.24 bits per heavy atom. The summed E-state index contributed by atoms with van der Waals surface area (Å²) in [6, 6.07) is 28.7. The first kappa shape index (κ1) is 52.7. The van der Waals surface area contributed by atoms with Crippen LogP contribution in [0.15, 0.2) is 145 Å². The van der Waals surface area contributed by atoms with E-state index in [2.05, 4.69) is 12.7 Å². The molecule has 2 aliphatic heterocycles. The highest BCUT2D eigenvalue weighted by atomic mass is 16.7. The molecule has 1 fully saturated rings. The van der Waals surface area contributed by atoms with Crippen LogP contribution in [0.25, 0.3) is 6.08 Å². The molecule has 5 aromatic rings. The number of nitro benzene ring substituents is 2. The summed E-state index contributed by atoms with van der Waals surface area (Å²) in [5.74, 6) is -0.973. The molecule has 0 aromatic heterocycles. The van der Waals surface area contributed by atoms with Gasteiger partial charge in [0.1, 0.15) is 36.2 Å². The van der Waals surface area contributed by atoms with Crippen molar-refractivity contribution in [2.75, 3.05) is 26.6 Å². The maximum Gasteiger partial charge on any atom is 0.269 e. The quantitative estimate of drug-likeness (QED) is 0.0146. The number of oxime groups is 1. The van der Waals surface area contributed by atoms with E-state index in [1.807, 2.05) is 24.3 Å². The van der Waals surface area contributed by atoms with E-state index in [4.69, 9.17) is 33.7 Å². The molecule has 0 saturated heterocycles. The van der Waals surface area contributed by atoms with Crippen molar-refractivity contribution in [3.05, 3.63) is 188 Å². The van der Waals surface area contributed by atoms with Crippen LogP contribution in [0.5, 0.6) is 28.7 Å². The summed E-state index contributed by atoms with van der Waals surface area (Å²) >= 11 is 0. The number of carbonyl (C=O) groups excluding carboxylic acids is 2. The molecule has 18 nitrogen and oxygen atoms in total. The van der Waals surface area contributed by atoms with Crippen molar-refractivity contribution in [3.8, 4) is 28.7 Å². The fourth-order valence-electron chi connectivity index (χ4n) is 10.9. The molecule has 6 atom stereocenters. The molecule has 394 valence electrons. The molecular weight excluding hydrogens is 977 g/mol. The van der Waals surface area contributed by atoms with Crippen LogP contribution in [0.4, 0.5) is 11.4 Å². The Kier molecular flexibility index (Phi) is 16.6. The van der Waals surface area contributed by atoms with Crippen LogP contribution >= 0.6 is 0 Å². The van der Waals surface area contributed by atoms with Crippen molar-refractivity contribution in [3.63, 3.8) is 0 Å². The van der Waals surface area contributed by atoms with Gasteiger partial charge in [0, 0.05) is 73.6 Å². The molecule has 0 bridgehead atoms. The smallest absolute Gasteiger partial charge is 0.269 e. The monoisotopic (exact) mass is 1030 g/mol. The first-order valence-corrected chi connectivity index (χ1v) is 25.3. The van der Waals surface area contributed by atoms with Crippen molar-refractivity contribution in [1.82, 2.24) is 4.90 Å². The van der Waals surface area contributed by atoms with E-state index in [0.29, 0.717) is 95.2 Å². The molecule has 1 saturated carbocycles. The molecule has 2 aliphatic carbocycles. The van der Waals surface area contributed by atoms with Crippen molar-refractivity contribution in [2.24, 2.45) is 22.9 Å². The van der Waals surface area contributed by atoms with Gasteiger partial charge in [-0.05, 0) is 133 Å². The molecule has 4 aliphatic rings. The molecule has 2 heterocycles. The minimum atomic E-state index is -1.66. The fourth-order valence-corrected chi connectivity index (χ4v) is 10.9. The Morgan fingerprint density at radius 1 is 0.816 bits per heavy atom. The highest BCUT2D eigenvalue weighted by Crippen LogP contribution is 2.62. The Labute approximate surface area is 438 Å². The van der Waals surface area contributed by atoms with Gasteiger partial charge in [-0.2, -0.15) is 0 Å². The van der Waals surface area contributed by atoms with E-state index in [1.165, 1.54) is 30.3 Å². The van der Waals surface area contributed by atoms with Crippen LogP contribution in [-0.2, 0) is 27.5 Å². The number of non-ortho nitro benzene ring substituents is 2. The van der Waals surface area contributed by atoms with Gasteiger partial charge in [-0.3, -0.25) is 29.8 Å². The lowest BCUT2D eigenvalue weighted by atomic mass is 9.55. The summed E-state index contributed by atoms with van der Waals surface area (Å²) in [7, 11) is 0. The number of amides is 1. The number of aliphatic hydroxyl groups is 2. The van der Waals surface area contributed by atoms with Crippen LogP contribution < -0.4 is 18.9 Å². The van der Waals surface area contributed by atoms with Crippen LogP contribution in [0.2, 0.25) is 0 Å². The molecule has 0 radical (unpaired) electrons. The molecular formula is C58H58N4O14. The van der Waals surface area contributed by atoms with Crippen molar-refractivity contribution in [2.45, 2.75) is 75.8 Å². The summed E-state index contributed by atoms with van der Waals surface area (Å²) in [6.45, 7) is 4.05. The average molecular weight is 1040 g/mol. The highest BCUT2D eigenvalue weighted by Gasteiger charge is 2.65. The Morgan fingerprint density at radius 2 is 1.51 bits per heavy atom. The van der Waals surface area contributed by atoms with Gasteiger partial charge in [-0.25, -0.2) is 0 Å². The van der Waals surface area contributed by atoms with Crippen molar-refractivity contribution >= 4 is 35.4 Å². The minimum absolute atomic E-state index is 0.000479. The topological polar surface area (TPSA) is 232 Å². The van der Waals surface area contributed by atoms with Gasteiger partial charge in [0.2, 0.25) is 18.5 Å². The van der Waals surface area contributed by atoms with Gasteiger partial charge >= 0.3 is 0 Å². The number of benzene rings is 5. The summed E-state index contributed by atoms with van der Waals surface area (Å²) < 4.78 is 32.6. The number of nitro groups is 2. The first-order chi connectivity index (χ1) is 37.0. The fraction of sp³-hybridized carbons (Fsp3) is 0.328. The summed E-state index contributed by atoms with van der Waals surface area (Å²) in [6.07, 6.45) is 11.5. The number of hydrogen-bond donors (Lipinski definition) is 2. The summed E-state index contributed by atoms with van der Waals surface area (Å²) in [4.78, 5) is 57.2. The molecule has 9 rings (SSSR count). The molecule has 76 heavy (non-hydrogen) atoms. The third-order valence-corrected chi connectivity index (χ3v) is 14.4. The third-order valence-electron chi connectivity index (χ3n) is 14.4. The number of allylic oxidation sites excluding steroid dienone is 1. The van der Waals surface area contributed by atoms with E-state index in [-0.39, 0.29) is 69.4 Å². The number of ether oxygens (including phenoxy) is 5. The molecule has 2 N–H and O–H groups in total. The predicted octanol–water partition coefficient (Wildman–Crippen LogP) is 10.4. The van der Waals surface area contributed by atoms with Crippen molar-refractivity contribution in [1.29, 1.82) is 0 Å². The first-order valence-electron chi connectivity index (χ1n) is 25.3. The molecule has 0 spiro atoms. The van der Waals surface area contributed by atoms with E-state index in [0.717, 1.165) is 17.4 Å². The number of aliphatic hydroxyl groups excluding tert-OH is 2. The maximum absolute atomic E-state index is 15.4. The summed E-state index contributed by atoms with van der Waals surface area (Å²) in [5.41, 5.74) is 4.21. The van der Waals surface area contributed by atoms with Crippen LogP contribution in [0.3, 0.4) is 0 Å². The van der Waals surface area contributed by atoms with Gasteiger partial charge in [0.05, 0.1) is 28.1 Å². The lowest BCUT2D eigenvalue weighted by Crippen LogP contribution is -2.70. The lowest BCUT2D eigenvalue weighted by molar-refractivity contribution is -0.385. The number of aldehydes is 1. The van der Waals surface area contributed by atoms with E-state index in [1.54, 1.807) is 77.7 Å². The normalized spacial score (nSPS) is 21.4. The predicted molar refractivity (Wildman–Crippen MR) is 280 cm³/mol. The van der Waals surface area contributed by atoms with Gasteiger partial charge in [-0.15, -0.1) is 6.58 Å². The van der Waals surface area contributed by atoms with E-state index < -0.39 is 39.4 Å². The Bertz CT molecular complexity index is 3030. The molecule has 1 amide bonds. The third kappa shape index (κ3) is 11.5. The van der Waals surface area contributed by atoms with Crippen LogP contribution in [0.1, 0.15) is 83.5 Å². The number of hydrogen-bond acceptors (Lipinski definition) is 15. The zero-order valence-corrected chi connectivity index (χ0v) is 41.6. The number of unbranched alkanes of at least 4 members (excludes halogenated alkanes) is 2. The Hall–Kier alpha value is -8.19. The van der Waals surface area contributed by atoms with E-state index in [9.17, 15) is 35.2 Å². The number of fused-ring (bicyclic) bond motifs is 3. The largest absolute Gasteiger partial charge is 0.459 e. The standard InChI is InChI=1S/C58H58N4O14/c1-2-28-73-58-54(60(34-40-16-23-52-53(30-40)72-37-71-52)55(66)25-17-38-12-18-43(19-13-38)61(67)68)33-50(59-74-36-39-14-20-44(21-15-39)62(69)70)48-31-42(9-3-5-26-63)47(11-4-6-27-64)56(57(48)58)49-32-46(22-24-51(49)76-58)75-45-10-7-8-41(29-45)35-65/h2,7-8,10,12-25,29-32,35,42,47,54,56-57,63-64H,1,3-6,9,11,26-28,33-34,36-37H2. The van der Waals surface area contributed by atoms with Crippen LogP contribution in [-0.4, -0.2) is 81.3 Å². The number of rotatable bonds is 24. The molecule has 6 unspecified atom stereocenters. The zero-order valence-electron chi connectivity index (χ0n) is 41.6.